The first-order valence-electron chi connectivity index (χ1n) is 23.4. The Morgan fingerprint density at radius 2 is 1.70 bits per heavy atom. The summed E-state index contributed by atoms with van der Waals surface area (Å²) in [5, 5.41) is 9.44. The molecule has 0 radical (unpaired) electrons. The first-order chi connectivity index (χ1) is 33.5. The van der Waals surface area contributed by atoms with Gasteiger partial charge in [-0.05, 0) is 95.2 Å². The molecule has 0 saturated carbocycles. The number of rotatable bonds is 16. The molecule has 370 valence electrons. The maximum atomic E-state index is 14.3. The zero-order chi connectivity index (χ0) is 49.7. The van der Waals surface area contributed by atoms with Crippen molar-refractivity contribution in [3.8, 4) is 0 Å². The smallest absolute Gasteiger partial charge is 0.410 e. The fourth-order valence-corrected chi connectivity index (χ4v) is 8.54. The molecule has 20 nitrogen and oxygen atoms in total. The zero-order valence-electron chi connectivity index (χ0n) is 39.5. The van der Waals surface area contributed by atoms with Crippen LogP contribution in [0.1, 0.15) is 91.6 Å². The van der Waals surface area contributed by atoms with Gasteiger partial charge in [-0.3, -0.25) is 33.6 Å². The van der Waals surface area contributed by atoms with E-state index in [9.17, 15) is 37.5 Å². The molecule has 3 aliphatic heterocycles. The Hall–Kier alpha value is -7.36. The topological polar surface area (TPSA) is 219 Å². The lowest BCUT2D eigenvalue weighted by molar-refractivity contribution is -0.501. The van der Waals surface area contributed by atoms with Crippen molar-refractivity contribution < 1.29 is 46.9 Å². The quantitative estimate of drug-likeness (QED) is 0.0723. The molecule has 0 spiro atoms. The molecule has 2 fully saturated rings. The highest BCUT2D eigenvalue weighted by Crippen LogP contribution is 2.25. The molecule has 2 unspecified atom stereocenters. The number of hydrazine groups is 1. The second-order valence-electron chi connectivity index (χ2n) is 18.4. The lowest BCUT2D eigenvalue weighted by Crippen LogP contribution is -2.50. The van der Waals surface area contributed by atoms with Gasteiger partial charge in [0.2, 0.25) is 23.7 Å². The standard InChI is InChI=1S/C48H56F2N12O8/c1-48(2,3)70-47(68)59-23-21-58(22-24-59)38-18-20-60-42(54-38)33(28-52-60)44(65)53-34-29-61(56-40(34)41(49)50)32-13-11-31(12-14-32)43(64)51-19-6-8-26-69-25-7-5-9-30-10-15-35-37(27-30)57(4)46(67)62(35)36-16-17-39(63)55-45(36)66/h10-15,18,20,27-29,36,40-41H,5-9,16-17,19,21-26H2,1-4H3,(H2-,51,53,55,56,63,64,65,66)/p+1. The molecule has 8 rings (SSSR count). The number of nitrogens with one attached hydrogen (secondary N) is 3. The highest BCUT2D eigenvalue weighted by molar-refractivity contribution is 6.35. The van der Waals surface area contributed by atoms with E-state index >= 15 is 0 Å². The number of hydrogen-bond donors (Lipinski definition) is 3. The second-order valence-corrected chi connectivity index (χ2v) is 18.4. The number of unbranched alkanes of at least 4 members (excludes halogenated alkanes) is 2. The van der Waals surface area contributed by atoms with Crippen LogP contribution in [0.2, 0.25) is 0 Å². The van der Waals surface area contributed by atoms with Gasteiger partial charge >= 0.3 is 11.8 Å². The van der Waals surface area contributed by atoms with Gasteiger partial charge in [-0.15, -0.1) is 0 Å². The third-order valence-corrected chi connectivity index (χ3v) is 12.3. The van der Waals surface area contributed by atoms with Crippen LogP contribution >= 0.6 is 0 Å². The number of fused-ring (bicyclic) bond motifs is 2. The fraction of sp³-hybridized carbons (Fsp3) is 0.458. The first-order valence-corrected chi connectivity index (χ1v) is 23.4. The number of imidazole rings is 1. The predicted octanol–water partition coefficient (Wildman–Crippen LogP) is 4.12. The number of ether oxygens (including phenoxy) is 2. The normalized spacial score (nSPS) is 18.2. The number of carbonyl (C=O) groups is 5. The summed E-state index contributed by atoms with van der Waals surface area (Å²) >= 11 is 0. The lowest BCUT2D eigenvalue weighted by Gasteiger charge is -2.36. The third kappa shape index (κ3) is 11.2. The van der Waals surface area contributed by atoms with E-state index in [4.69, 9.17) is 9.47 Å². The number of benzene rings is 2. The molecule has 22 heteroatoms. The van der Waals surface area contributed by atoms with Crippen molar-refractivity contribution in [2.75, 3.05) is 50.8 Å². The molecule has 2 aromatic carbocycles. The number of aliphatic imine (C=N–C) groups is 1. The average molecular weight is 968 g/mol. The summed E-state index contributed by atoms with van der Waals surface area (Å²) in [7, 11) is 1.68. The maximum absolute atomic E-state index is 14.3. The molecular weight excluding hydrogens is 911 g/mol. The van der Waals surface area contributed by atoms with E-state index in [1.54, 1.807) is 48.5 Å². The minimum absolute atomic E-state index is 0.0303. The number of piperazine rings is 1. The number of hydrazone groups is 1. The van der Waals surface area contributed by atoms with Gasteiger partial charge in [-0.25, -0.2) is 32.9 Å². The van der Waals surface area contributed by atoms with Gasteiger partial charge in [0.05, 0.1) is 17.2 Å². The van der Waals surface area contributed by atoms with Crippen LogP contribution in [-0.2, 0) is 32.5 Å². The molecule has 70 heavy (non-hydrogen) atoms. The van der Waals surface area contributed by atoms with Crippen molar-refractivity contribution >= 4 is 69.8 Å². The summed E-state index contributed by atoms with van der Waals surface area (Å²) in [6.45, 7) is 8.76. The molecule has 3 aliphatic rings. The fourth-order valence-electron chi connectivity index (χ4n) is 8.54. The number of amides is 5. The van der Waals surface area contributed by atoms with Crippen LogP contribution < -0.4 is 26.6 Å². The lowest BCUT2D eigenvalue weighted by atomic mass is 10.0. The largest absolute Gasteiger partial charge is 0.444 e. The molecule has 2 saturated heterocycles. The van der Waals surface area contributed by atoms with Gasteiger partial charge < -0.3 is 24.6 Å². The Labute approximate surface area is 401 Å². The monoisotopic (exact) mass is 967 g/mol. The number of halogens is 2. The van der Waals surface area contributed by atoms with Gasteiger partial charge in [0.25, 0.3) is 18.2 Å². The van der Waals surface area contributed by atoms with Crippen molar-refractivity contribution in [1.82, 2.24) is 44.7 Å². The van der Waals surface area contributed by atoms with Crippen LogP contribution in [-0.4, -0.2) is 139 Å². The molecule has 2 atom stereocenters. The molecule has 6 heterocycles. The molecule has 5 aromatic rings. The summed E-state index contributed by atoms with van der Waals surface area (Å²) < 4.78 is 45.7. The average Bonchev–Trinajstić information content (AvgIpc) is 4.03. The number of piperidine rings is 1. The minimum atomic E-state index is -2.90. The number of anilines is 1. The van der Waals surface area contributed by atoms with Gasteiger partial charge in [0.15, 0.2) is 11.7 Å². The Kier molecular flexibility index (Phi) is 14.8. The number of nitrogens with zero attached hydrogens (tertiary/aromatic N) is 9. The van der Waals surface area contributed by atoms with Crippen LogP contribution in [0.5, 0.6) is 0 Å². The Balaban J connectivity index is 0.767. The minimum Gasteiger partial charge on any atom is -0.444 e. The van der Waals surface area contributed by atoms with Crippen molar-refractivity contribution in [2.45, 2.75) is 89.8 Å². The Bertz CT molecular complexity index is 2910. The molecule has 3 N–H and O–H groups in total. The van der Waals surface area contributed by atoms with E-state index in [0.29, 0.717) is 74.9 Å². The van der Waals surface area contributed by atoms with Crippen molar-refractivity contribution in [3.63, 3.8) is 0 Å². The highest BCUT2D eigenvalue weighted by atomic mass is 19.3. The predicted molar refractivity (Wildman–Crippen MR) is 254 cm³/mol. The van der Waals surface area contributed by atoms with E-state index in [0.717, 1.165) is 36.8 Å². The molecular formula is C48H57F2N12O8+. The molecule has 0 bridgehead atoms. The van der Waals surface area contributed by atoms with Crippen molar-refractivity contribution in [2.24, 2.45) is 12.0 Å². The first kappa shape index (κ1) is 49.1. The van der Waals surface area contributed by atoms with Gasteiger partial charge in [0.1, 0.15) is 28.7 Å². The van der Waals surface area contributed by atoms with Crippen LogP contribution in [0.15, 0.2) is 70.7 Å². The number of aromatic nitrogens is 5. The van der Waals surface area contributed by atoms with Crippen LogP contribution in [0.3, 0.4) is 0 Å². The van der Waals surface area contributed by atoms with E-state index in [2.05, 4.69) is 31.1 Å². The van der Waals surface area contributed by atoms with Gasteiger partial charge in [0, 0.05) is 83.3 Å². The van der Waals surface area contributed by atoms with E-state index < -0.39 is 42.0 Å². The number of aryl methyl sites for hydroxylation is 2. The number of alkyl halides is 2. The maximum Gasteiger partial charge on any atom is 0.410 e. The van der Waals surface area contributed by atoms with Crippen molar-refractivity contribution in [1.29, 1.82) is 0 Å². The zero-order valence-corrected chi connectivity index (χ0v) is 39.5. The summed E-state index contributed by atoms with van der Waals surface area (Å²) in [6.07, 6.45) is 5.38. The Morgan fingerprint density at radius 3 is 2.41 bits per heavy atom. The summed E-state index contributed by atoms with van der Waals surface area (Å²) in [5.74, 6) is -1.32. The van der Waals surface area contributed by atoms with E-state index in [1.807, 2.05) is 43.9 Å². The van der Waals surface area contributed by atoms with Crippen LogP contribution in [0.25, 0.3) is 16.7 Å². The summed E-state index contributed by atoms with van der Waals surface area (Å²) in [5.41, 5.74) is 5.10. The summed E-state index contributed by atoms with van der Waals surface area (Å²) in [4.78, 5) is 88.5. The number of imide groups is 1. The Morgan fingerprint density at radius 1 is 0.957 bits per heavy atom. The second kappa shape index (κ2) is 21.1. The summed E-state index contributed by atoms with van der Waals surface area (Å²) in [6, 6.07) is 11.6. The SMILES string of the molecule is Cn1c(=O)n(C2CCC(=O)NC2=O)c2ccc(CCCCOCCCCNC(=O)c3ccc([N+]4=CC(=NC(=O)c5cnn6ccc(N7CCN(C(=O)OC(C)(C)C)CC7)nc56)C(C(F)F)N4)cc3)cc21. The van der Waals surface area contributed by atoms with E-state index in [1.165, 1.54) is 30.7 Å². The van der Waals surface area contributed by atoms with Crippen LogP contribution in [0, 0.1) is 0 Å². The highest BCUT2D eigenvalue weighted by Gasteiger charge is 2.39. The van der Waals surface area contributed by atoms with Gasteiger partial charge in [-0.2, -0.15) is 10.5 Å². The molecule has 0 aliphatic carbocycles. The van der Waals surface area contributed by atoms with Crippen LogP contribution in [0.4, 0.5) is 25.1 Å². The third-order valence-electron chi connectivity index (χ3n) is 12.3. The van der Waals surface area contributed by atoms with E-state index in [-0.39, 0.29) is 47.3 Å². The molecule has 3 aromatic heterocycles. The van der Waals surface area contributed by atoms with Crippen molar-refractivity contribution in [3.05, 3.63) is 88.1 Å². The number of hydrogen-bond acceptors (Lipinski definition) is 12. The number of carbonyl (C=O) groups excluding carboxylic acids is 5. The molecule has 5 amide bonds. The van der Waals surface area contributed by atoms with Gasteiger partial charge in [-0.1, -0.05) is 10.8 Å².